The number of hydrogen-bond donors (Lipinski definition) is 1. The quantitative estimate of drug-likeness (QED) is 0.923. The average Bonchev–Trinajstić information content (AvgIpc) is 3.00. The molecular formula is C15H20FN3. The Morgan fingerprint density at radius 3 is 3.00 bits per heavy atom. The van der Waals surface area contributed by atoms with Crippen LogP contribution in [0.3, 0.4) is 0 Å². The summed E-state index contributed by atoms with van der Waals surface area (Å²) in [6.45, 7) is 3.62. The number of nitrogens with zero attached hydrogens (tertiary/aromatic N) is 2. The molecule has 0 saturated heterocycles. The van der Waals surface area contributed by atoms with E-state index in [9.17, 15) is 4.39 Å². The molecule has 1 fully saturated rings. The van der Waals surface area contributed by atoms with Gasteiger partial charge in [0.05, 0.1) is 11.0 Å². The first-order chi connectivity index (χ1) is 9.24. The van der Waals surface area contributed by atoms with Crippen molar-refractivity contribution in [3.63, 3.8) is 0 Å². The Morgan fingerprint density at radius 1 is 1.42 bits per heavy atom. The van der Waals surface area contributed by atoms with E-state index in [2.05, 4.69) is 11.5 Å². The van der Waals surface area contributed by atoms with Gasteiger partial charge in [0, 0.05) is 12.5 Å². The normalized spacial score (nSPS) is 23.3. The maximum atomic E-state index is 13.4. The van der Waals surface area contributed by atoms with Crippen LogP contribution < -0.4 is 5.73 Å². The third-order valence-electron chi connectivity index (χ3n) is 4.35. The highest BCUT2D eigenvalue weighted by atomic mass is 19.1. The molecule has 1 saturated carbocycles. The van der Waals surface area contributed by atoms with Gasteiger partial charge in [0.1, 0.15) is 11.6 Å². The molecule has 3 rings (SSSR count). The highest BCUT2D eigenvalue weighted by Gasteiger charge is 2.31. The van der Waals surface area contributed by atoms with Gasteiger partial charge in [-0.1, -0.05) is 6.42 Å². The van der Waals surface area contributed by atoms with Gasteiger partial charge in [0.25, 0.3) is 0 Å². The highest BCUT2D eigenvalue weighted by molar-refractivity contribution is 5.76. The number of hydrogen-bond acceptors (Lipinski definition) is 2. The molecular weight excluding hydrogens is 241 g/mol. The molecule has 2 N–H and O–H groups in total. The molecule has 19 heavy (non-hydrogen) atoms. The second-order valence-corrected chi connectivity index (χ2v) is 5.38. The smallest absolute Gasteiger partial charge is 0.125 e. The third kappa shape index (κ3) is 2.04. The molecule has 0 radical (unpaired) electrons. The molecule has 1 heterocycles. The zero-order valence-corrected chi connectivity index (χ0v) is 11.3. The summed E-state index contributed by atoms with van der Waals surface area (Å²) in [7, 11) is 0. The van der Waals surface area contributed by atoms with E-state index >= 15 is 0 Å². The highest BCUT2D eigenvalue weighted by Crippen LogP contribution is 2.39. The van der Waals surface area contributed by atoms with Crippen LogP contribution in [-0.4, -0.2) is 16.1 Å². The minimum absolute atomic E-state index is 0.199. The lowest BCUT2D eigenvalue weighted by Gasteiger charge is -2.18. The van der Waals surface area contributed by atoms with Crippen LogP contribution in [0.1, 0.15) is 37.9 Å². The summed E-state index contributed by atoms with van der Waals surface area (Å²) in [5.74, 6) is 1.85. The van der Waals surface area contributed by atoms with Crippen LogP contribution in [0.5, 0.6) is 0 Å². The summed E-state index contributed by atoms with van der Waals surface area (Å²) in [5, 5.41) is 0. The molecule has 0 bridgehead atoms. The van der Waals surface area contributed by atoms with Gasteiger partial charge < -0.3 is 10.3 Å². The van der Waals surface area contributed by atoms with E-state index in [4.69, 9.17) is 10.7 Å². The number of benzene rings is 1. The summed E-state index contributed by atoms with van der Waals surface area (Å²) in [5.41, 5.74) is 7.67. The van der Waals surface area contributed by atoms with Gasteiger partial charge in [-0.3, -0.25) is 0 Å². The lowest BCUT2D eigenvalue weighted by atomic mass is 9.95. The fourth-order valence-electron chi connectivity index (χ4n) is 3.39. The van der Waals surface area contributed by atoms with Crippen molar-refractivity contribution < 1.29 is 4.39 Å². The number of halogens is 1. The Balaban J connectivity index is 2.12. The summed E-state index contributed by atoms with van der Waals surface area (Å²) < 4.78 is 15.6. The molecule has 102 valence electrons. The predicted molar refractivity (Wildman–Crippen MR) is 74.5 cm³/mol. The molecule has 0 aliphatic heterocycles. The molecule has 1 aliphatic carbocycles. The van der Waals surface area contributed by atoms with Crippen molar-refractivity contribution >= 4 is 11.0 Å². The lowest BCUT2D eigenvalue weighted by molar-refractivity contribution is 0.463. The van der Waals surface area contributed by atoms with Crippen LogP contribution >= 0.6 is 0 Å². The third-order valence-corrected chi connectivity index (χ3v) is 4.35. The zero-order valence-electron chi connectivity index (χ0n) is 11.3. The minimum atomic E-state index is -0.199. The lowest BCUT2D eigenvalue weighted by Crippen LogP contribution is -2.20. The molecule has 2 unspecified atom stereocenters. The van der Waals surface area contributed by atoms with E-state index in [0.29, 0.717) is 18.4 Å². The van der Waals surface area contributed by atoms with Gasteiger partial charge >= 0.3 is 0 Å². The first-order valence-corrected chi connectivity index (χ1v) is 7.10. The molecule has 2 atom stereocenters. The van der Waals surface area contributed by atoms with Crippen LogP contribution in [0.15, 0.2) is 18.2 Å². The monoisotopic (exact) mass is 261 g/mol. The summed E-state index contributed by atoms with van der Waals surface area (Å²) in [6.07, 6.45) is 3.55. The van der Waals surface area contributed by atoms with E-state index in [0.717, 1.165) is 29.8 Å². The summed E-state index contributed by atoms with van der Waals surface area (Å²) in [6, 6.07) is 4.84. The van der Waals surface area contributed by atoms with Crippen LogP contribution in [0.25, 0.3) is 11.0 Å². The number of aromatic nitrogens is 2. The van der Waals surface area contributed by atoms with E-state index in [-0.39, 0.29) is 5.82 Å². The maximum absolute atomic E-state index is 13.4. The van der Waals surface area contributed by atoms with Gasteiger partial charge in [-0.05, 0) is 50.4 Å². The molecule has 4 heteroatoms. The first kappa shape index (κ1) is 12.6. The van der Waals surface area contributed by atoms with Crippen LogP contribution in [0.2, 0.25) is 0 Å². The molecule has 2 aromatic rings. The van der Waals surface area contributed by atoms with Crippen LogP contribution in [0, 0.1) is 11.7 Å². The number of imidazole rings is 1. The SMILES string of the molecule is CCn1c(C2CCCC2CN)nc2ccc(F)cc21. The second kappa shape index (κ2) is 4.93. The van der Waals surface area contributed by atoms with E-state index in [1.807, 2.05) is 0 Å². The Hall–Kier alpha value is -1.42. The minimum Gasteiger partial charge on any atom is -0.330 e. The number of nitrogens with two attached hydrogens (primary N) is 1. The Bertz CT molecular complexity index is 590. The van der Waals surface area contributed by atoms with Crippen molar-refractivity contribution in [3.05, 3.63) is 29.8 Å². The van der Waals surface area contributed by atoms with E-state index in [1.54, 1.807) is 12.1 Å². The summed E-state index contributed by atoms with van der Waals surface area (Å²) in [4.78, 5) is 4.75. The maximum Gasteiger partial charge on any atom is 0.125 e. The second-order valence-electron chi connectivity index (χ2n) is 5.38. The molecule has 3 nitrogen and oxygen atoms in total. The molecule has 0 spiro atoms. The standard InChI is InChI=1S/C15H20FN3/c1-2-19-14-8-11(16)6-7-13(14)18-15(19)12-5-3-4-10(12)9-17/h6-8,10,12H,2-5,9,17H2,1H3. The zero-order chi connectivity index (χ0) is 13.4. The predicted octanol–water partition coefficient (Wildman–Crippen LogP) is 3.04. The number of aryl methyl sites for hydroxylation is 1. The van der Waals surface area contributed by atoms with Gasteiger partial charge in [-0.15, -0.1) is 0 Å². The molecule has 0 amide bonds. The molecule has 1 aliphatic rings. The van der Waals surface area contributed by atoms with Crippen molar-refractivity contribution in [2.45, 2.75) is 38.6 Å². The first-order valence-electron chi connectivity index (χ1n) is 7.10. The van der Waals surface area contributed by atoms with Crippen LogP contribution in [-0.2, 0) is 6.54 Å². The number of fused-ring (bicyclic) bond motifs is 1. The largest absolute Gasteiger partial charge is 0.330 e. The average molecular weight is 261 g/mol. The van der Waals surface area contributed by atoms with Gasteiger partial charge in [-0.25, -0.2) is 9.37 Å². The van der Waals surface area contributed by atoms with Gasteiger partial charge in [0.2, 0.25) is 0 Å². The fraction of sp³-hybridized carbons (Fsp3) is 0.533. The van der Waals surface area contributed by atoms with Crippen molar-refractivity contribution in [2.75, 3.05) is 6.54 Å². The van der Waals surface area contributed by atoms with Gasteiger partial charge in [-0.2, -0.15) is 0 Å². The van der Waals surface area contributed by atoms with Crippen molar-refractivity contribution in [1.29, 1.82) is 0 Å². The van der Waals surface area contributed by atoms with Gasteiger partial charge in [0.15, 0.2) is 0 Å². The fourth-order valence-corrected chi connectivity index (χ4v) is 3.39. The van der Waals surface area contributed by atoms with E-state index in [1.165, 1.54) is 18.9 Å². The van der Waals surface area contributed by atoms with E-state index < -0.39 is 0 Å². The van der Waals surface area contributed by atoms with Crippen molar-refractivity contribution in [1.82, 2.24) is 9.55 Å². The Kier molecular flexibility index (Phi) is 3.27. The summed E-state index contributed by atoms with van der Waals surface area (Å²) >= 11 is 0. The van der Waals surface area contributed by atoms with Crippen molar-refractivity contribution in [3.8, 4) is 0 Å². The topological polar surface area (TPSA) is 43.8 Å². The number of rotatable bonds is 3. The Morgan fingerprint density at radius 2 is 2.26 bits per heavy atom. The molecule has 1 aromatic heterocycles. The van der Waals surface area contributed by atoms with Crippen molar-refractivity contribution in [2.24, 2.45) is 11.7 Å². The molecule has 1 aromatic carbocycles. The van der Waals surface area contributed by atoms with Crippen LogP contribution in [0.4, 0.5) is 4.39 Å². The Labute approximate surface area is 112 Å².